The molecular formula is C14H13N4O5S+. The number of diazo groups is 1. The number of rotatable bonds is 5. The van der Waals surface area contributed by atoms with Crippen molar-refractivity contribution in [2.75, 3.05) is 14.2 Å². The van der Waals surface area contributed by atoms with Crippen LogP contribution in [0, 0.1) is 5.39 Å². The van der Waals surface area contributed by atoms with E-state index in [0.717, 1.165) is 12.1 Å². The van der Waals surface area contributed by atoms with E-state index in [1.54, 1.807) is 0 Å². The number of nitrogens with one attached hydrogen (secondary N) is 1. The largest absolute Gasteiger partial charge is 0.744 e. The van der Waals surface area contributed by atoms with Crippen LogP contribution in [0.4, 0.5) is 17.1 Å². The van der Waals surface area contributed by atoms with Crippen LogP contribution in [0.1, 0.15) is 0 Å². The second-order valence-corrected chi connectivity index (χ2v) is 5.88. The van der Waals surface area contributed by atoms with Gasteiger partial charge in [0.05, 0.1) is 31.2 Å². The van der Waals surface area contributed by atoms with Gasteiger partial charge in [0.25, 0.3) is 5.69 Å². The molecule has 0 radical (unpaired) electrons. The van der Waals surface area contributed by atoms with Crippen molar-refractivity contribution in [3.63, 3.8) is 0 Å². The van der Waals surface area contributed by atoms with Crippen LogP contribution >= 0.6 is 0 Å². The Morgan fingerprint density at radius 1 is 1.12 bits per heavy atom. The number of benzene rings is 2. The van der Waals surface area contributed by atoms with E-state index in [1.165, 1.54) is 38.5 Å². The summed E-state index contributed by atoms with van der Waals surface area (Å²) >= 11 is 0. The second-order valence-electron chi connectivity index (χ2n) is 4.50. The quantitative estimate of drug-likeness (QED) is 0.495. The minimum absolute atomic E-state index is 0.185. The summed E-state index contributed by atoms with van der Waals surface area (Å²) in [4.78, 5) is 2.75. The van der Waals surface area contributed by atoms with Crippen molar-refractivity contribution in [1.29, 1.82) is 5.39 Å². The van der Waals surface area contributed by atoms with Crippen molar-refractivity contribution < 1.29 is 27.6 Å². The Kier molecular flexibility index (Phi) is 5.08. The SMILES string of the molecule is COc1cc([NH+]=Nc2ccc(S(=O)(=O)[O-])cc2)c(OC)cc1[N+]#N. The van der Waals surface area contributed by atoms with E-state index in [1.807, 2.05) is 0 Å². The Labute approximate surface area is 137 Å². The lowest BCUT2D eigenvalue weighted by atomic mass is 10.2. The van der Waals surface area contributed by atoms with Gasteiger partial charge in [-0.25, -0.2) is 8.42 Å². The van der Waals surface area contributed by atoms with E-state index in [9.17, 15) is 13.0 Å². The van der Waals surface area contributed by atoms with E-state index < -0.39 is 10.1 Å². The molecule has 24 heavy (non-hydrogen) atoms. The molecule has 0 atom stereocenters. The Hall–Kier alpha value is -3.03. The summed E-state index contributed by atoms with van der Waals surface area (Å²) in [6, 6.07) is 8.04. The first-order chi connectivity index (χ1) is 11.4. The molecule has 2 aromatic carbocycles. The van der Waals surface area contributed by atoms with Gasteiger partial charge in [-0.1, -0.05) is 5.11 Å². The number of methoxy groups -OCH3 is 2. The van der Waals surface area contributed by atoms with E-state index >= 15 is 0 Å². The summed E-state index contributed by atoms with van der Waals surface area (Å²) in [5.74, 6) is 0.648. The topological polar surface area (TPSA) is 130 Å². The fourth-order valence-corrected chi connectivity index (χ4v) is 2.33. The number of azo groups is 1. The van der Waals surface area contributed by atoms with Gasteiger partial charge in [0, 0.05) is 0 Å². The molecule has 2 rings (SSSR count). The highest BCUT2D eigenvalue weighted by Crippen LogP contribution is 2.35. The molecule has 10 heteroatoms. The first-order valence-corrected chi connectivity index (χ1v) is 7.93. The average Bonchev–Trinajstić information content (AvgIpc) is 2.58. The van der Waals surface area contributed by atoms with Crippen molar-refractivity contribution in [3.05, 3.63) is 41.4 Å². The fraction of sp³-hybridized carbons (Fsp3) is 0.143. The minimum atomic E-state index is -4.50. The lowest BCUT2D eigenvalue weighted by Crippen LogP contribution is -2.57. The standard InChI is InChI=1S/C14H12N4O5S/c1-22-13-8-12(14(23-2)7-11(13)16-15)18-17-9-3-5-10(6-4-9)24(19,20)21/h3-8H,1-2H3/p+1. The van der Waals surface area contributed by atoms with Crippen molar-refractivity contribution >= 4 is 27.2 Å². The molecule has 0 saturated carbocycles. The predicted molar refractivity (Wildman–Crippen MR) is 81.4 cm³/mol. The molecule has 0 fully saturated rings. The summed E-state index contributed by atoms with van der Waals surface area (Å²) in [5, 5.41) is 15.7. The number of hydrogen-bond donors (Lipinski definition) is 1. The first kappa shape index (κ1) is 17.3. The maximum absolute atomic E-state index is 10.9. The molecule has 0 bridgehead atoms. The molecular weight excluding hydrogens is 336 g/mol. The van der Waals surface area contributed by atoms with Crippen molar-refractivity contribution in [3.8, 4) is 11.5 Å². The Morgan fingerprint density at radius 2 is 1.75 bits per heavy atom. The third-order valence-electron chi connectivity index (χ3n) is 3.04. The highest BCUT2D eigenvalue weighted by Gasteiger charge is 2.23. The Balaban J connectivity index is 2.36. The third-order valence-corrected chi connectivity index (χ3v) is 3.89. The smallest absolute Gasteiger partial charge is 0.430 e. The highest BCUT2D eigenvalue weighted by molar-refractivity contribution is 7.85. The highest BCUT2D eigenvalue weighted by atomic mass is 32.2. The molecule has 0 saturated heterocycles. The maximum Gasteiger partial charge on any atom is 0.430 e. The van der Waals surface area contributed by atoms with E-state index in [4.69, 9.17) is 14.9 Å². The third kappa shape index (κ3) is 3.83. The Bertz CT molecular complexity index is 917. The molecule has 0 aromatic heterocycles. The zero-order valence-electron chi connectivity index (χ0n) is 12.8. The summed E-state index contributed by atoms with van der Waals surface area (Å²) in [6.07, 6.45) is 0. The number of nitrogens with zero attached hydrogens (tertiary/aromatic N) is 3. The number of ether oxygens (including phenoxy) is 2. The van der Waals surface area contributed by atoms with Crippen LogP contribution < -0.4 is 14.6 Å². The van der Waals surface area contributed by atoms with E-state index in [0.29, 0.717) is 22.9 Å². The van der Waals surface area contributed by atoms with Crippen molar-refractivity contribution in [2.24, 2.45) is 5.11 Å². The monoisotopic (exact) mass is 349 g/mol. The van der Waals surface area contributed by atoms with Gasteiger partial charge < -0.3 is 14.0 Å². The molecule has 0 unspecified atom stereocenters. The minimum Gasteiger partial charge on any atom is -0.744 e. The normalized spacial score (nSPS) is 11.2. The van der Waals surface area contributed by atoms with Gasteiger partial charge in [-0.2, -0.15) is 0 Å². The van der Waals surface area contributed by atoms with Gasteiger partial charge in [0.15, 0.2) is 4.98 Å². The van der Waals surface area contributed by atoms with Crippen LogP contribution in [0.2, 0.25) is 0 Å². The average molecular weight is 349 g/mol. The summed E-state index contributed by atoms with van der Waals surface area (Å²) in [5.41, 5.74) is 1.01. The van der Waals surface area contributed by atoms with Gasteiger partial charge in [-0.3, -0.25) is 0 Å². The summed E-state index contributed by atoms with van der Waals surface area (Å²) in [7, 11) is -1.65. The first-order valence-electron chi connectivity index (χ1n) is 6.53. The van der Waals surface area contributed by atoms with Crippen molar-refractivity contribution in [2.45, 2.75) is 4.90 Å². The van der Waals surface area contributed by atoms with E-state index in [2.05, 4.69) is 15.2 Å². The molecule has 1 N–H and O–H groups in total. The fourth-order valence-electron chi connectivity index (χ4n) is 1.86. The molecule has 2 aromatic rings. The lowest BCUT2D eigenvalue weighted by Gasteiger charge is -2.05. The molecule has 124 valence electrons. The van der Waals surface area contributed by atoms with Crippen LogP contribution in [-0.2, 0) is 10.1 Å². The van der Waals surface area contributed by atoms with Gasteiger partial charge in [-0.05, 0) is 29.4 Å². The molecule has 0 aliphatic rings. The summed E-state index contributed by atoms with van der Waals surface area (Å²) < 4.78 is 42.9. The van der Waals surface area contributed by atoms with Gasteiger partial charge in [0.2, 0.25) is 16.9 Å². The Morgan fingerprint density at radius 3 is 2.25 bits per heavy atom. The number of hydrogen-bond acceptors (Lipinski definition) is 7. The molecule has 0 aliphatic heterocycles. The van der Waals surface area contributed by atoms with Gasteiger partial charge in [0.1, 0.15) is 15.8 Å². The molecule has 0 aliphatic carbocycles. The molecule has 0 heterocycles. The van der Waals surface area contributed by atoms with Crippen LogP contribution in [0.3, 0.4) is 0 Å². The predicted octanol–water partition coefficient (Wildman–Crippen LogP) is 1.59. The van der Waals surface area contributed by atoms with Gasteiger partial charge in [-0.15, -0.1) is 0 Å². The zero-order chi connectivity index (χ0) is 17.7. The zero-order valence-corrected chi connectivity index (χ0v) is 13.6. The van der Waals surface area contributed by atoms with Crippen molar-refractivity contribution in [1.82, 2.24) is 0 Å². The van der Waals surface area contributed by atoms with Crippen LogP contribution in [0.5, 0.6) is 11.5 Å². The van der Waals surface area contributed by atoms with Crippen LogP contribution in [0.25, 0.3) is 4.98 Å². The summed E-state index contributed by atoms with van der Waals surface area (Å²) in [6.45, 7) is 0. The molecule has 0 spiro atoms. The maximum atomic E-state index is 10.9. The van der Waals surface area contributed by atoms with Crippen LogP contribution in [0.15, 0.2) is 46.4 Å². The molecule has 9 nitrogen and oxygen atoms in total. The van der Waals surface area contributed by atoms with Gasteiger partial charge >= 0.3 is 5.69 Å². The lowest BCUT2D eigenvalue weighted by molar-refractivity contribution is -0.434. The van der Waals surface area contributed by atoms with Crippen LogP contribution in [-0.4, -0.2) is 27.2 Å². The van der Waals surface area contributed by atoms with E-state index in [-0.39, 0.29) is 10.6 Å². The second kappa shape index (κ2) is 7.03. The molecule has 0 amide bonds.